The van der Waals surface area contributed by atoms with Gasteiger partial charge in [0.25, 0.3) is 5.91 Å². The predicted molar refractivity (Wildman–Crippen MR) is 137 cm³/mol. The largest absolute Gasteiger partial charge is 0.440 e. The number of rotatable bonds is 6. The number of anilines is 2. The first-order chi connectivity index (χ1) is 17.0. The van der Waals surface area contributed by atoms with Crippen molar-refractivity contribution in [3.63, 3.8) is 0 Å². The summed E-state index contributed by atoms with van der Waals surface area (Å²) in [6.45, 7) is 1.77. The van der Waals surface area contributed by atoms with Crippen molar-refractivity contribution in [2.24, 2.45) is 0 Å². The van der Waals surface area contributed by atoms with E-state index in [0.717, 1.165) is 42.9 Å². The first-order valence-corrected chi connectivity index (χ1v) is 12.0. The van der Waals surface area contributed by atoms with E-state index in [1.54, 1.807) is 36.4 Å². The van der Waals surface area contributed by atoms with Gasteiger partial charge in [-0.1, -0.05) is 41.9 Å². The fraction of sp³-hybridized carbons (Fsp3) is 0.222. The number of likely N-dealkylation sites (tertiary alicyclic amines) is 1. The summed E-state index contributed by atoms with van der Waals surface area (Å²) in [6, 6.07) is 21.7. The number of para-hydroxylation sites is 2. The van der Waals surface area contributed by atoms with Crippen LogP contribution in [0.15, 0.2) is 77.2 Å². The Kier molecular flexibility index (Phi) is 6.79. The Bertz CT molecular complexity index is 1350. The van der Waals surface area contributed by atoms with Crippen molar-refractivity contribution in [2.75, 3.05) is 30.3 Å². The van der Waals surface area contributed by atoms with Crippen LogP contribution in [0.25, 0.3) is 11.1 Å². The van der Waals surface area contributed by atoms with Gasteiger partial charge in [-0.3, -0.25) is 14.5 Å². The number of benzene rings is 3. The number of carbonyl (C=O) groups is 2. The van der Waals surface area contributed by atoms with Crippen LogP contribution in [-0.2, 0) is 4.79 Å². The molecule has 0 bridgehead atoms. The quantitative estimate of drug-likeness (QED) is 0.371. The zero-order valence-corrected chi connectivity index (χ0v) is 19.8. The number of halogens is 1. The van der Waals surface area contributed by atoms with Gasteiger partial charge in [0.15, 0.2) is 11.5 Å². The SMILES string of the molecule is O=C(CN1CCC(c2nc3cc(Cl)ccc3o2)CC1)Nc1ccccc1C(=O)Nc1ccccc1. The number of oxazole rings is 1. The first-order valence-electron chi connectivity index (χ1n) is 11.6. The summed E-state index contributed by atoms with van der Waals surface area (Å²) in [5.41, 5.74) is 3.11. The van der Waals surface area contributed by atoms with Gasteiger partial charge in [-0.2, -0.15) is 0 Å². The average molecular weight is 489 g/mol. The lowest BCUT2D eigenvalue weighted by molar-refractivity contribution is -0.117. The fourth-order valence-corrected chi connectivity index (χ4v) is 4.50. The Hall–Kier alpha value is -3.68. The van der Waals surface area contributed by atoms with Gasteiger partial charge in [0, 0.05) is 16.6 Å². The lowest BCUT2D eigenvalue weighted by Gasteiger charge is -2.30. The minimum atomic E-state index is -0.271. The van der Waals surface area contributed by atoms with Crippen molar-refractivity contribution in [3.8, 4) is 0 Å². The van der Waals surface area contributed by atoms with Crippen LogP contribution in [0.3, 0.4) is 0 Å². The second kappa shape index (κ2) is 10.3. The summed E-state index contributed by atoms with van der Waals surface area (Å²) in [4.78, 5) is 32.3. The third-order valence-corrected chi connectivity index (χ3v) is 6.38. The standard InChI is InChI=1S/C27H25ClN4O3/c28-19-10-11-24-23(16-19)31-27(35-24)18-12-14-32(15-13-18)17-25(33)30-22-9-5-4-8-21(22)26(34)29-20-6-2-1-3-7-20/h1-11,16,18H,12-15,17H2,(H,29,34)(H,30,33). The molecular formula is C27H25ClN4O3. The number of piperidine rings is 1. The minimum absolute atomic E-state index is 0.153. The first kappa shape index (κ1) is 23.1. The van der Waals surface area contributed by atoms with Crippen LogP contribution in [0, 0.1) is 0 Å². The number of hydrogen-bond acceptors (Lipinski definition) is 5. The zero-order chi connectivity index (χ0) is 24.2. The summed E-state index contributed by atoms with van der Waals surface area (Å²) in [7, 11) is 0. The summed E-state index contributed by atoms with van der Waals surface area (Å²) in [6.07, 6.45) is 1.70. The van der Waals surface area contributed by atoms with Crippen LogP contribution < -0.4 is 10.6 Å². The van der Waals surface area contributed by atoms with Crippen molar-refractivity contribution in [1.29, 1.82) is 0 Å². The molecule has 0 atom stereocenters. The van der Waals surface area contributed by atoms with E-state index < -0.39 is 0 Å². The second-order valence-electron chi connectivity index (χ2n) is 8.63. The number of fused-ring (bicyclic) bond motifs is 1. The minimum Gasteiger partial charge on any atom is -0.440 e. The van der Waals surface area contributed by atoms with Crippen LogP contribution in [0.2, 0.25) is 5.02 Å². The van der Waals surface area contributed by atoms with Gasteiger partial charge in [-0.15, -0.1) is 0 Å². The van der Waals surface area contributed by atoms with E-state index in [1.807, 2.05) is 36.4 Å². The van der Waals surface area contributed by atoms with Crippen LogP contribution in [-0.4, -0.2) is 41.3 Å². The Morgan fingerprint density at radius 3 is 2.51 bits per heavy atom. The van der Waals surface area contributed by atoms with Gasteiger partial charge in [0.05, 0.1) is 17.8 Å². The molecule has 2 N–H and O–H groups in total. The molecule has 3 aromatic carbocycles. The Morgan fingerprint density at radius 1 is 0.971 bits per heavy atom. The van der Waals surface area contributed by atoms with E-state index in [1.165, 1.54) is 0 Å². The molecule has 1 saturated heterocycles. The number of amides is 2. The average Bonchev–Trinajstić information content (AvgIpc) is 3.28. The van der Waals surface area contributed by atoms with Gasteiger partial charge in [-0.25, -0.2) is 4.98 Å². The van der Waals surface area contributed by atoms with Gasteiger partial charge in [0.2, 0.25) is 5.91 Å². The number of hydrogen-bond donors (Lipinski definition) is 2. The van der Waals surface area contributed by atoms with E-state index in [9.17, 15) is 9.59 Å². The smallest absolute Gasteiger partial charge is 0.257 e. The molecule has 5 rings (SSSR count). The highest BCUT2D eigenvalue weighted by molar-refractivity contribution is 6.31. The van der Waals surface area contributed by atoms with Crippen molar-refractivity contribution in [3.05, 3.63) is 89.3 Å². The monoisotopic (exact) mass is 488 g/mol. The lowest BCUT2D eigenvalue weighted by Crippen LogP contribution is -2.39. The van der Waals surface area contributed by atoms with E-state index in [0.29, 0.717) is 22.0 Å². The fourth-order valence-electron chi connectivity index (χ4n) is 4.33. The summed E-state index contributed by atoms with van der Waals surface area (Å²) in [5, 5.41) is 6.41. The molecule has 0 spiro atoms. The Balaban J connectivity index is 1.17. The van der Waals surface area contributed by atoms with E-state index in [4.69, 9.17) is 16.0 Å². The topological polar surface area (TPSA) is 87.5 Å². The molecule has 0 saturated carbocycles. The van der Waals surface area contributed by atoms with Crippen LogP contribution in [0.5, 0.6) is 0 Å². The van der Waals surface area contributed by atoms with Crippen molar-refractivity contribution >= 4 is 45.9 Å². The normalized spacial score (nSPS) is 14.7. The van der Waals surface area contributed by atoms with Gasteiger partial charge in [0.1, 0.15) is 5.52 Å². The third-order valence-electron chi connectivity index (χ3n) is 6.15. The van der Waals surface area contributed by atoms with E-state index in [-0.39, 0.29) is 24.3 Å². The predicted octanol–water partition coefficient (Wildman–Crippen LogP) is 5.55. The molecule has 2 amide bonds. The molecule has 7 nitrogen and oxygen atoms in total. The zero-order valence-electron chi connectivity index (χ0n) is 19.0. The molecule has 4 aromatic rings. The number of nitrogens with one attached hydrogen (secondary N) is 2. The Labute approximate surface area is 208 Å². The maximum atomic E-state index is 12.8. The third kappa shape index (κ3) is 5.53. The maximum absolute atomic E-state index is 12.8. The van der Waals surface area contributed by atoms with E-state index in [2.05, 4.69) is 20.5 Å². The highest BCUT2D eigenvalue weighted by atomic mass is 35.5. The Morgan fingerprint density at radius 2 is 1.71 bits per heavy atom. The van der Waals surface area contributed by atoms with Gasteiger partial charge < -0.3 is 15.1 Å². The molecule has 8 heteroatoms. The van der Waals surface area contributed by atoms with Gasteiger partial charge >= 0.3 is 0 Å². The number of aromatic nitrogens is 1. The number of carbonyl (C=O) groups excluding carboxylic acids is 2. The van der Waals surface area contributed by atoms with Gasteiger partial charge in [-0.05, 0) is 68.4 Å². The molecule has 0 aliphatic carbocycles. The second-order valence-corrected chi connectivity index (χ2v) is 9.06. The van der Waals surface area contributed by atoms with Crippen molar-refractivity contribution < 1.29 is 14.0 Å². The molecule has 1 aromatic heterocycles. The molecule has 1 aliphatic heterocycles. The molecular weight excluding hydrogens is 464 g/mol. The molecule has 2 heterocycles. The summed E-state index contributed by atoms with van der Waals surface area (Å²) >= 11 is 6.05. The van der Waals surface area contributed by atoms with Crippen LogP contribution in [0.1, 0.15) is 35.0 Å². The van der Waals surface area contributed by atoms with Crippen molar-refractivity contribution in [2.45, 2.75) is 18.8 Å². The van der Waals surface area contributed by atoms with Crippen LogP contribution in [0.4, 0.5) is 11.4 Å². The molecule has 0 radical (unpaired) electrons. The molecule has 1 aliphatic rings. The summed E-state index contributed by atoms with van der Waals surface area (Å²) < 4.78 is 5.93. The lowest BCUT2D eigenvalue weighted by atomic mass is 9.97. The highest BCUT2D eigenvalue weighted by Crippen LogP contribution is 2.30. The van der Waals surface area contributed by atoms with Crippen molar-refractivity contribution in [1.82, 2.24) is 9.88 Å². The maximum Gasteiger partial charge on any atom is 0.257 e. The molecule has 1 fully saturated rings. The summed E-state index contributed by atoms with van der Waals surface area (Å²) in [5.74, 6) is 0.514. The van der Waals surface area contributed by atoms with E-state index >= 15 is 0 Å². The highest BCUT2D eigenvalue weighted by Gasteiger charge is 2.26. The molecule has 35 heavy (non-hydrogen) atoms. The number of nitrogens with zero attached hydrogens (tertiary/aromatic N) is 2. The van der Waals surface area contributed by atoms with Crippen LogP contribution >= 0.6 is 11.6 Å². The molecule has 178 valence electrons. The molecule has 0 unspecified atom stereocenters.